The SMILES string of the molecule is Cc1cc(C)nc(CN(C)C(=O)c2cc(F)cc(C#N)c2)c1. The third kappa shape index (κ3) is 3.67. The van der Waals surface area contributed by atoms with Gasteiger partial charge >= 0.3 is 0 Å². The van der Waals surface area contributed by atoms with Crippen molar-refractivity contribution in [3.8, 4) is 6.07 Å². The third-order valence-electron chi connectivity index (χ3n) is 3.17. The van der Waals surface area contributed by atoms with Gasteiger partial charge in [0.2, 0.25) is 0 Å². The van der Waals surface area contributed by atoms with E-state index in [1.54, 1.807) is 7.05 Å². The number of carbonyl (C=O) groups excluding carboxylic acids is 1. The maximum absolute atomic E-state index is 13.4. The molecule has 0 radical (unpaired) electrons. The highest BCUT2D eigenvalue weighted by Gasteiger charge is 2.15. The van der Waals surface area contributed by atoms with E-state index in [0.29, 0.717) is 6.54 Å². The molecule has 0 unspecified atom stereocenters. The fourth-order valence-electron chi connectivity index (χ4n) is 2.32. The number of aromatic nitrogens is 1. The predicted octanol–water partition coefficient (Wildman–Crippen LogP) is 2.98. The second-order valence-electron chi connectivity index (χ2n) is 5.28. The summed E-state index contributed by atoms with van der Waals surface area (Å²) >= 11 is 0. The van der Waals surface area contributed by atoms with E-state index in [1.807, 2.05) is 32.0 Å². The summed E-state index contributed by atoms with van der Waals surface area (Å²) in [4.78, 5) is 18.2. The number of hydrogen-bond acceptors (Lipinski definition) is 3. The molecule has 22 heavy (non-hydrogen) atoms. The monoisotopic (exact) mass is 297 g/mol. The van der Waals surface area contributed by atoms with Crippen molar-refractivity contribution in [3.05, 3.63) is 64.2 Å². The van der Waals surface area contributed by atoms with E-state index in [-0.39, 0.29) is 17.0 Å². The van der Waals surface area contributed by atoms with Crippen LogP contribution >= 0.6 is 0 Å². The van der Waals surface area contributed by atoms with E-state index >= 15 is 0 Å². The van der Waals surface area contributed by atoms with Crippen LogP contribution in [0.25, 0.3) is 0 Å². The lowest BCUT2D eigenvalue weighted by atomic mass is 10.1. The molecule has 0 spiro atoms. The van der Waals surface area contributed by atoms with Gasteiger partial charge in [-0.3, -0.25) is 9.78 Å². The fraction of sp³-hybridized carbons (Fsp3) is 0.235. The van der Waals surface area contributed by atoms with E-state index in [9.17, 15) is 9.18 Å². The molecule has 0 bridgehead atoms. The Kier molecular flexibility index (Phi) is 4.52. The van der Waals surface area contributed by atoms with Gasteiger partial charge in [-0.25, -0.2) is 4.39 Å². The number of halogens is 1. The largest absolute Gasteiger partial charge is 0.336 e. The molecule has 112 valence electrons. The molecule has 1 aromatic heterocycles. The zero-order chi connectivity index (χ0) is 16.3. The molecule has 2 aromatic rings. The van der Waals surface area contributed by atoms with Crippen LogP contribution in [0.5, 0.6) is 0 Å². The maximum atomic E-state index is 13.4. The van der Waals surface area contributed by atoms with Gasteiger partial charge in [-0.15, -0.1) is 0 Å². The van der Waals surface area contributed by atoms with Crippen LogP contribution in [0.1, 0.15) is 32.9 Å². The second-order valence-corrected chi connectivity index (χ2v) is 5.28. The van der Waals surface area contributed by atoms with E-state index in [2.05, 4.69) is 4.98 Å². The number of aryl methyl sites for hydroxylation is 2. The molecule has 0 N–H and O–H groups in total. The van der Waals surface area contributed by atoms with Crippen LogP contribution < -0.4 is 0 Å². The molecule has 5 heteroatoms. The molecule has 0 saturated heterocycles. The molecule has 0 aliphatic carbocycles. The standard InChI is InChI=1S/C17H16FN3O/c1-11-4-12(2)20-16(5-11)10-21(3)17(22)14-6-13(9-19)7-15(18)8-14/h4-8H,10H2,1-3H3. The van der Waals surface area contributed by atoms with Crippen molar-refractivity contribution in [2.45, 2.75) is 20.4 Å². The van der Waals surface area contributed by atoms with Crippen molar-refractivity contribution in [2.24, 2.45) is 0 Å². The zero-order valence-corrected chi connectivity index (χ0v) is 12.7. The third-order valence-corrected chi connectivity index (χ3v) is 3.17. The summed E-state index contributed by atoms with van der Waals surface area (Å²) in [6, 6.07) is 9.32. The second kappa shape index (κ2) is 6.35. The first-order chi connectivity index (χ1) is 10.4. The quantitative estimate of drug-likeness (QED) is 0.875. The summed E-state index contributed by atoms with van der Waals surface area (Å²) in [6.07, 6.45) is 0. The Labute approximate surface area is 128 Å². The van der Waals surface area contributed by atoms with Gasteiger partial charge in [0.1, 0.15) is 5.82 Å². The molecule has 0 aliphatic heterocycles. The summed E-state index contributed by atoms with van der Waals surface area (Å²) in [7, 11) is 1.62. The topological polar surface area (TPSA) is 57.0 Å². The van der Waals surface area contributed by atoms with Gasteiger partial charge in [0.25, 0.3) is 5.91 Å². The van der Waals surface area contributed by atoms with Crippen LogP contribution in [0, 0.1) is 31.0 Å². The lowest BCUT2D eigenvalue weighted by molar-refractivity contribution is 0.0782. The van der Waals surface area contributed by atoms with Gasteiger partial charge in [-0.2, -0.15) is 5.26 Å². The number of hydrogen-bond donors (Lipinski definition) is 0. The number of nitriles is 1. The molecule has 1 heterocycles. The molecule has 0 fully saturated rings. The normalized spacial score (nSPS) is 10.1. The highest BCUT2D eigenvalue weighted by Crippen LogP contribution is 2.13. The lowest BCUT2D eigenvalue weighted by Crippen LogP contribution is -2.27. The molecule has 0 atom stereocenters. The van der Waals surface area contributed by atoms with Crippen molar-refractivity contribution in [1.82, 2.24) is 9.88 Å². The number of benzene rings is 1. The lowest BCUT2D eigenvalue weighted by Gasteiger charge is -2.17. The van der Waals surface area contributed by atoms with Crippen LogP contribution in [-0.2, 0) is 6.54 Å². The van der Waals surface area contributed by atoms with E-state index in [4.69, 9.17) is 5.26 Å². The smallest absolute Gasteiger partial charge is 0.254 e. The Balaban J connectivity index is 2.22. The van der Waals surface area contributed by atoms with E-state index < -0.39 is 5.82 Å². The van der Waals surface area contributed by atoms with Crippen LogP contribution in [0.15, 0.2) is 30.3 Å². The minimum atomic E-state index is -0.597. The number of pyridine rings is 1. The van der Waals surface area contributed by atoms with Crippen LogP contribution in [0.2, 0.25) is 0 Å². The van der Waals surface area contributed by atoms with Gasteiger partial charge < -0.3 is 4.90 Å². The van der Waals surface area contributed by atoms with Crippen molar-refractivity contribution in [2.75, 3.05) is 7.05 Å². The Morgan fingerprint density at radius 3 is 2.64 bits per heavy atom. The summed E-state index contributed by atoms with van der Waals surface area (Å²) in [5.74, 6) is -0.947. The molecule has 0 aliphatic rings. The minimum absolute atomic E-state index is 0.126. The van der Waals surface area contributed by atoms with Gasteiger partial charge in [0.15, 0.2) is 0 Å². The van der Waals surface area contributed by atoms with Crippen molar-refractivity contribution >= 4 is 5.91 Å². The highest BCUT2D eigenvalue weighted by molar-refractivity contribution is 5.94. The summed E-state index contributed by atoms with van der Waals surface area (Å²) in [5.41, 5.74) is 3.00. The van der Waals surface area contributed by atoms with Crippen LogP contribution in [0.4, 0.5) is 4.39 Å². The van der Waals surface area contributed by atoms with Crippen molar-refractivity contribution < 1.29 is 9.18 Å². The average Bonchev–Trinajstić information content (AvgIpc) is 2.44. The Morgan fingerprint density at radius 1 is 1.27 bits per heavy atom. The first-order valence-electron chi connectivity index (χ1n) is 6.79. The number of nitrogens with zero attached hydrogens (tertiary/aromatic N) is 3. The first kappa shape index (κ1) is 15.6. The molecule has 1 aromatic carbocycles. The molecule has 2 rings (SSSR count). The summed E-state index contributed by atoms with van der Waals surface area (Å²) in [6.45, 7) is 4.18. The Hall–Kier alpha value is -2.74. The Morgan fingerprint density at radius 2 is 2.00 bits per heavy atom. The van der Waals surface area contributed by atoms with Crippen molar-refractivity contribution in [3.63, 3.8) is 0 Å². The summed E-state index contributed by atoms with van der Waals surface area (Å²) < 4.78 is 13.4. The average molecular weight is 297 g/mol. The molecular formula is C17H16FN3O. The predicted molar refractivity (Wildman–Crippen MR) is 80.6 cm³/mol. The minimum Gasteiger partial charge on any atom is -0.336 e. The molecule has 0 saturated carbocycles. The van der Waals surface area contributed by atoms with Crippen LogP contribution in [0.3, 0.4) is 0 Å². The van der Waals surface area contributed by atoms with Gasteiger partial charge in [-0.05, 0) is 49.7 Å². The van der Waals surface area contributed by atoms with E-state index in [1.165, 1.54) is 11.0 Å². The molecule has 4 nitrogen and oxygen atoms in total. The zero-order valence-electron chi connectivity index (χ0n) is 12.7. The van der Waals surface area contributed by atoms with Gasteiger partial charge in [0, 0.05) is 18.3 Å². The number of rotatable bonds is 3. The number of amides is 1. The molecule has 1 amide bonds. The van der Waals surface area contributed by atoms with E-state index in [0.717, 1.165) is 29.1 Å². The van der Waals surface area contributed by atoms with Gasteiger partial charge in [0.05, 0.1) is 23.9 Å². The summed E-state index contributed by atoms with van der Waals surface area (Å²) in [5, 5.41) is 8.85. The number of carbonyl (C=O) groups is 1. The highest BCUT2D eigenvalue weighted by atomic mass is 19.1. The Bertz CT molecular complexity index is 745. The molecular weight excluding hydrogens is 281 g/mol. The fourth-order valence-corrected chi connectivity index (χ4v) is 2.32. The maximum Gasteiger partial charge on any atom is 0.254 e. The van der Waals surface area contributed by atoms with Crippen LogP contribution in [-0.4, -0.2) is 22.8 Å². The van der Waals surface area contributed by atoms with Gasteiger partial charge in [-0.1, -0.05) is 0 Å². The first-order valence-corrected chi connectivity index (χ1v) is 6.79. The van der Waals surface area contributed by atoms with Crippen molar-refractivity contribution in [1.29, 1.82) is 5.26 Å².